The summed E-state index contributed by atoms with van der Waals surface area (Å²) in [4.78, 5) is 0. The quantitative estimate of drug-likeness (QED) is 0.728. The van der Waals surface area contributed by atoms with Crippen LogP contribution in [0.3, 0.4) is 0 Å². The third-order valence-electron chi connectivity index (χ3n) is 3.49. The zero-order valence-electron chi connectivity index (χ0n) is 10.4. The van der Waals surface area contributed by atoms with E-state index in [1.165, 1.54) is 31.2 Å². The molecule has 0 aromatic heterocycles. The van der Waals surface area contributed by atoms with Crippen LogP contribution in [0.15, 0.2) is 24.3 Å². The Kier molecular flexibility index (Phi) is 3.87. The maximum atomic E-state index is 5.88. The maximum Gasteiger partial charge on any atom is 0.119 e. The molecular weight excluding hydrogens is 196 g/mol. The zero-order valence-corrected chi connectivity index (χ0v) is 10.4. The van der Waals surface area contributed by atoms with Crippen LogP contribution in [-0.4, -0.2) is 6.61 Å². The molecule has 0 heterocycles. The first-order valence-electron chi connectivity index (χ1n) is 6.48. The van der Waals surface area contributed by atoms with Gasteiger partial charge in [-0.1, -0.05) is 38.8 Å². The van der Waals surface area contributed by atoms with Crippen LogP contribution in [0.25, 0.3) is 0 Å². The molecule has 0 unspecified atom stereocenters. The van der Waals surface area contributed by atoms with Crippen molar-refractivity contribution in [2.24, 2.45) is 5.92 Å². The second-order valence-corrected chi connectivity index (χ2v) is 5.19. The minimum atomic E-state index is 0.579. The van der Waals surface area contributed by atoms with Crippen LogP contribution < -0.4 is 4.74 Å². The highest BCUT2D eigenvalue weighted by Crippen LogP contribution is 2.26. The van der Waals surface area contributed by atoms with Gasteiger partial charge in [0, 0.05) is 0 Å². The van der Waals surface area contributed by atoms with Crippen molar-refractivity contribution in [2.75, 3.05) is 6.61 Å². The third-order valence-corrected chi connectivity index (χ3v) is 3.49. The summed E-state index contributed by atoms with van der Waals surface area (Å²) in [5.41, 5.74) is 1.36. The molecule has 1 aliphatic rings. The van der Waals surface area contributed by atoms with Crippen molar-refractivity contribution in [3.05, 3.63) is 29.8 Å². The molecule has 1 aromatic rings. The molecule has 2 rings (SSSR count). The van der Waals surface area contributed by atoms with E-state index in [1.54, 1.807) is 0 Å². The monoisotopic (exact) mass is 218 g/mol. The van der Waals surface area contributed by atoms with E-state index in [0.29, 0.717) is 5.92 Å². The summed E-state index contributed by atoms with van der Waals surface area (Å²) in [7, 11) is 0. The second-order valence-electron chi connectivity index (χ2n) is 5.19. The van der Waals surface area contributed by atoms with Gasteiger partial charge in [-0.25, -0.2) is 0 Å². The van der Waals surface area contributed by atoms with Crippen molar-refractivity contribution in [2.45, 2.75) is 45.4 Å². The Morgan fingerprint density at radius 2 is 2.00 bits per heavy atom. The molecule has 1 aromatic carbocycles. The molecule has 0 spiro atoms. The summed E-state index contributed by atoms with van der Waals surface area (Å²) >= 11 is 0. The van der Waals surface area contributed by atoms with E-state index in [1.807, 2.05) is 0 Å². The molecule has 0 saturated heterocycles. The molecule has 0 radical (unpaired) electrons. The highest BCUT2D eigenvalue weighted by atomic mass is 16.5. The Labute approximate surface area is 98.8 Å². The summed E-state index contributed by atoms with van der Waals surface area (Å²) in [6.45, 7) is 5.34. The smallest absolute Gasteiger partial charge is 0.119 e. The number of ether oxygens (including phenoxy) is 1. The van der Waals surface area contributed by atoms with Crippen LogP contribution in [0.4, 0.5) is 0 Å². The third kappa shape index (κ3) is 3.01. The molecule has 0 atom stereocenters. The van der Waals surface area contributed by atoms with Gasteiger partial charge >= 0.3 is 0 Å². The lowest BCUT2D eigenvalue weighted by atomic mass is 10.0. The van der Waals surface area contributed by atoms with E-state index < -0.39 is 0 Å². The Morgan fingerprint density at radius 1 is 1.25 bits per heavy atom. The molecular formula is C15H22O. The van der Waals surface area contributed by atoms with E-state index >= 15 is 0 Å². The summed E-state index contributed by atoms with van der Waals surface area (Å²) in [5, 5.41) is 0. The standard InChI is InChI=1S/C15H22O/c1-12(2)14-8-5-9-15(10-14)16-11-13-6-3-4-7-13/h5,8-10,12-13H,3-4,6-7,11H2,1-2H3. The average Bonchev–Trinajstić information content (AvgIpc) is 2.79. The fraction of sp³-hybridized carbons (Fsp3) is 0.600. The highest BCUT2D eigenvalue weighted by molar-refractivity contribution is 5.30. The van der Waals surface area contributed by atoms with Crippen LogP contribution >= 0.6 is 0 Å². The molecule has 0 aliphatic heterocycles. The van der Waals surface area contributed by atoms with Crippen LogP contribution in [0, 0.1) is 5.92 Å². The van der Waals surface area contributed by atoms with Gasteiger partial charge in [-0.3, -0.25) is 0 Å². The molecule has 0 amide bonds. The minimum absolute atomic E-state index is 0.579. The van der Waals surface area contributed by atoms with E-state index in [4.69, 9.17) is 4.74 Å². The first kappa shape index (κ1) is 11.5. The van der Waals surface area contributed by atoms with Crippen molar-refractivity contribution in [3.63, 3.8) is 0 Å². The van der Waals surface area contributed by atoms with Gasteiger partial charge < -0.3 is 4.74 Å². The van der Waals surface area contributed by atoms with Crippen LogP contribution in [0.5, 0.6) is 5.75 Å². The van der Waals surface area contributed by atoms with Crippen molar-refractivity contribution >= 4 is 0 Å². The van der Waals surface area contributed by atoms with Crippen molar-refractivity contribution in [1.82, 2.24) is 0 Å². The molecule has 1 heteroatoms. The Hall–Kier alpha value is -0.980. The van der Waals surface area contributed by atoms with Gasteiger partial charge in [-0.2, -0.15) is 0 Å². The lowest BCUT2D eigenvalue weighted by molar-refractivity contribution is 0.252. The first-order chi connectivity index (χ1) is 7.75. The molecule has 0 bridgehead atoms. The molecule has 88 valence electrons. The first-order valence-corrected chi connectivity index (χ1v) is 6.48. The molecule has 16 heavy (non-hydrogen) atoms. The Bertz CT molecular complexity index is 324. The number of benzene rings is 1. The predicted molar refractivity (Wildman–Crippen MR) is 68.0 cm³/mol. The SMILES string of the molecule is CC(C)c1cccc(OCC2CCCC2)c1. The van der Waals surface area contributed by atoms with Crippen molar-refractivity contribution in [1.29, 1.82) is 0 Å². The van der Waals surface area contributed by atoms with Gasteiger partial charge in [0.25, 0.3) is 0 Å². The largest absolute Gasteiger partial charge is 0.493 e. The average molecular weight is 218 g/mol. The van der Waals surface area contributed by atoms with E-state index in [9.17, 15) is 0 Å². The number of hydrogen-bond acceptors (Lipinski definition) is 1. The summed E-state index contributed by atoms with van der Waals surface area (Å²) in [5.74, 6) is 2.41. The Morgan fingerprint density at radius 3 is 2.69 bits per heavy atom. The van der Waals surface area contributed by atoms with Crippen LogP contribution in [0.1, 0.15) is 51.0 Å². The number of rotatable bonds is 4. The van der Waals surface area contributed by atoms with Crippen molar-refractivity contribution < 1.29 is 4.74 Å². The summed E-state index contributed by atoms with van der Waals surface area (Å²) in [6, 6.07) is 8.52. The van der Waals surface area contributed by atoms with E-state index in [-0.39, 0.29) is 0 Å². The molecule has 1 nitrogen and oxygen atoms in total. The lowest BCUT2D eigenvalue weighted by Crippen LogP contribution is -2.08. The highest BCUT2D eigenvalue weighted by Gasteiger charge is 2.15. The molecule has 1 aliphatic carbocycles. The van der Waals surface area contributed by atoms with Gasteiger partial charge in [0.2, 0.25) is 0 Å². The minimum Gasteiger partial charge on any atom is -0.493 e. The van der Waals surface area contributed by atoms with Gasteiger partial charge in [-0.05, 0) is 42.4 Å². The summed E-state index contributed by atoms with van der Waals surface area (Å²) in [6.07, 6.45) is 5.48. The normalized spacial score (nSPS) is 16.9. The maximum absolute atomic E-state index is 5.88. The van der Waals surface area contributed by atoms with Gasteiger partial charge in [-0.15, -0.1) is 0 Å². The van der Waals surface area contributed by atoms with Crippen LogP contribution in [-0.2, 0) is 0 Å². The van der Waals surface area contributed by atoms with Crippen LogP contribution in [0.2, 0.25) is 0 Å². The zero-order chi connectivity index (χ0) is 11.4. The van der Waals surface area contributed by atoms with E-state index in [2.05, 4.69) is 38.1 Å². The topological polar surface area (TPSA) is 9.23 Å². The molecule has 1 fully saturated rings. The number of hydrogen-bond donors (Lipinski definition) is 0. The second kappa shape index (κ2) is 5.38. The Balaban J connectivity index is 1.90. The fourth-order valence-corrected chi connectivity index (χ4v) is 2.35. The van der Waals surface area contributed by atoms with Gasteiger partial charge in [0.05, 0.1) is 6.61 Å². The van der Waals surface area contributed by atoms with Gasteiger partial charge in [0.1, 0.15) is 5.75 Å². The predicted octanol–water partition coefficient (Wildman–Crippen LogP) is 4.38. The van der Waals surface area contributed by atoms with Gasteiger partial charge in [0.15, 0.2) is 0 Å². The summed E-state index contributed by atoms with van der Waals surface area (Å²) < 4.78 is 5.88. The molecule has 0 N–H and O–H groups in total. The molecule has 1 saturated carbocycles. The lowest BCUT2D eigenvalue weighted by Gasteiger charge is -2.13. The van der Waals surface area contributed by atoms with E-state index in [0.717, 1.165) is 18.3 Å². The van der Waals surface area contributed by atoms with Crippen molar-refractivity contribution in [3.8, 4) is 5.75 Å². The fourth-order valence-electron chi connectivity index (χ4n) is 2.35.